The van der Waals surface area contributed by atoms with E-state index in [9.17, 15) is 13.2 Å². The highest BCUT2D eigenvalue weighted by molar-refractivity contribution is 7.89. The Bertz CT molecular complexity index is 599. The van der Waals surface area contributed by atoms with E-state index in [4.69, 9.17) is 10.8 Å². The number of sulfonamides is 1. The van der Waals surface area contributed by atoms with Gasteiger partial charge in [0.15, 0.2) is 0 Å². The summed E-state index contributed by atoms with van der Waals surface area (Å²) >= 11 is 0. The lowest BCUT2D eigenvalue weighted by molar-refractivity contribution is 0.0698. The number of carboxylic acids is 1. The van der Waals surface area contributed by atoms with Crippen LogP contribution in [-0.4, -0.2) is 38.3 Å². The van der Waals surface area contributed by atoms with Crippen molar-refractivity contribution in [1.82, 2.24) is 4.72 Å². The van der Waals surface area contributed by atoms with Crippen LogP contribution in [0.1, 0.15) is 22.8 Å². The monoisotopic (exact) mass is 301 g/mol. The molecule has 0 saturated heterocycles. The number of nitrogens with one attached hydrogen (secondary N) is 2. The molecule has 0 aliphatic rings. The first-order valence-corrected chi connectivity index (χ1v) is 7.76. The van der Waals surface area contributed by atoms with Gasteiger partial charge in [-0.1, -0.05) is 6.92 Å². The smallest absolute Gasteiger partial charge is 0.337 e. The Kier molecular flexibility index (Phi) is 5.34. The van der Waals surface area contributed by atoms with Crippen molar-refractivity contribution in [3.63, 3.8) is 0 Å². The highest BCUT2D eigenvalue weighted by Crippen LogP contribution is 2.22. The first kappa shape index (κ1) is 16.3. The van der Waals surface area contributed by atoms with Gasteiger partial charge in [0.25, 0.3) is 0 Å². The molecule has 1 aromatic carbocycles. The number of carbonyl (C=O) groups is 1. The predicted molar refractivity (Wildman–Crippen MR) is 78.5 cm³/mol. The average molecular weight is 301 g/mol. The Morgan fingerprint density at radius 3 is 2.60 bits per heavy atom. The molecule has 7 nitrogen and oxygen atoms in total. The van der Waals surface area contributed by atoms with Gasteiger partial charge in [0.2, 0.25) is 10.0 Å². The van der Waals surface area contributed by atoms with Gasteiger partial charge in [-0.2, -0.15) is 0 Å². The summed E-state index contributed by atoms with van der Waals surface area (Å²) in [7, 11) is -3.30. The zero-order chi connectivity index (χ0) is 15.3. The van der Waals surface area contributed by atoms with E-state index in [-0.39, 0.29) is 23.5 Å². The van der Waals surface area contributed by atoms with E-state index in [1.54, 1.807) is 19.9 Å². The molecule has 112 valence electrons. The van der Waals surface area contributed by atoms with Crippen molar-refractivity contribution < 1.29 is 18.3 Å². The third kappa shape index (κ3) is 4.39. The standard InChI is InChI=1S/C12H19N3O4S/c1-3-15-20(18,19)5-4-14-9-6-8(2)11(13)10(7-9)12(16)17/h6-7,14-15H,3-5,13H2,1-2H3,(H,16,17). The van der Waals surface area contributed by atoms with Crippen molar-refractivity contribution in [2.24, 2.45) is 0 Å². The van der Waals surface area contributed by atoms with Crippen LogP contribution in [-0.2, 0) is 10.0 Å². The molecule has 0 amide bonds. The van der Waals surface area contributed by atoms with Crippen LogP contribution < -0.4 is 15.8 Å². The maximum Gasteiger partial charge on any atom is 0.337 e. The number of hydrogen-bond donors (Lipinski definition) is 4. The zero-order valence-electron chi connectivity index (χ0n) is 11.4. The highest BCUT2D eigenvalue weighted by Gasteiger charge is 2.12. The number of nitrogens with two attached hydrogens (primary N) is 1. The fourth-order valence-electron chi connectivity index (χ4n) is 1.70. The number of nitrogen functional groups attached to an aromatic ring is 1. The second kappa shape index (κ2) is 6.58. The summed E-state index contributed by atoms with van der Waals surface area (Å²) in [6.45, 7) is 3.92. The first-order chi connectivity index (χ1) is 9.26. The number of carboxylic acid groups (broad SMARTS) is 1. The summed E-state index contributed by atoms with van der Waals surface area (Å²) in [5.74, 6) is -1.21. The lowest BCUT2D eigenvalue weighted by atomic mass is 10.1. The summed E-state index contributed by atoms with van der Waals surface area (Å²) < 4.78 is 25.3. The van der Waals surface area contributed by atoms with Gasteiger partial charge in [-0.15, -0.1) is 0 Å². The first-order valence-electron chi connectivity index (χ1n) is 6.11. The number of aromatic carboxylic acids is 1. The normalized spacial score (nSPS) is 11.3. The van der Waals surface area contributed by atoms with Crippen molar-refractivity contribution in [3.05, 3.63) is 23.3 Å². The maximum atomic E-state index is 11.5. The molecule has 0 aliphatic heterocycles. The van der Waals surface area contributed by atoms with Crippen molar-refractivity contribution >= 4 is 27.4 Å². The molecular formula is C12H19N3O4S. The molecule has 0 spiro atoms. The van der Waals surface area contributed by atoms with E-state index in [0.29, 0.717) is 17.8 Å². The Balaban J connectivity index is 2.77. The Hall–Kier alpha value is -1.80. The third-order valence-corrected chi connectivity index (χ3v) is 4.15. The summed E-state index contributed by atoms with van der Waals surface area (Å²) in [6.07, 6.45) is 0. The largest absolute Gasteiger partial charge is 0.478 e. The average Bonchev–Trinajstić information content (AvgIpc) is 2.32. The fraction of sp³-hybridized carbons (Fsp3) is 0.417. The molecule has 0 bridgehead atoms. The van der Waals surface area contributed by atoms with Gasteiger partial charge in [0.05, 0.1) is 11.3 Å². The maximum absolute atomic E-state index is 11.5. The summed E-state index contributed by atoms with van der Waals surface area (Å²) in [5, 5.41) is 11.9. The molecule has 1 rings (SSSR count). The van der Waals surface area contributed by atoms with E-state index in [1.165, 1.54) is 6.07 Å². The summed E-state index contributed by atoms with van der Waals surface area (Å²) in [5.41, 5.74) is 7.04. The van der Waals surface area contributed by atoms with Crippen LogP contribution in [0.4, 0.5) is 11.4 Å². The van der Waals surface area contributed by atoms with Gasteiger partial charge < -0.3 is 16.2 Å². The quantitative estimate of drug-likeness (QED) is 0.548. The number of benzene rings is 1. The van der Waals surface area contributed by atoms with Crippen LogP contribution in [0, 0.1) is 6.92 Å². The second-order valence-electron chi connectivity index (χ2n) is 4.30. The molecule has 1 aromatic rings. The number of rotatable bonds is 7. The minimum Gasteiger partial charge on any atom is -0.478 e. The molecule has 0 radical (unpaired) electrons. The minimum atomic E-state index is -3.30. The second-order valence-corrected chi connectivity index (χ2v) is 6.23. The fourth-order valence-corrected chi connectivity index (χ4v) is 2.65. The van der Waals surface area contributed by atoms with Crippen molar-refractivity contribution in [1.29, 1.82) is 0 Å². The van der Waals surface area contributed by atoms with Crippen LogP contribution in [0.25, 0.3) is 0 Å². The Labute approximate surface area is 118 Å². The Morgan fingerprint density at radius 1 is 1.40 bits per heavy atom. The number of anilines is 2. The van der Waals surface area contributed by atoms with E-state index in [0.717, 1.165) is 0 Å². The number of aryl methyl sites for hydroxylation is 1. The zero-order valence-corrected chi connectivity index (χ0v) is 12.3. The van der Waals surface area contributed by atoms with Crippen LogP contribution in [0.5, 0.6) is 0 Å². The topological polar surface area (TPSA) is 122 Å². The molecule has 8 heteroatoms. The lowest BCUT2D eigenvalue weighted by Gasteiger charge is -2.11. The predicted octanol–water partition coefficient (Wildman–Crippen LogP) is 0.627. The van der Waals surface area contributed by atoms with E-state index >= 15 is 0 Å². The van der Waals surface area contributed by atoms with Gasteiger partial charge in [-0.05, 0) is 24.6 Å². The third-order valence-electron chi connectivity index (χ3n) is 2.68. The SMILES string of the molecule is CCNS(=O)(=O)CCNc1cc(C)c(N)c(C(=O)O)c1. The van der Waals surface area contributed by atoms with Gasteiger partial charge >= 0.3 is 5.97 Å². The van der Waals surface area contributed by atoms with E-state index < -0.39 is 16.0 Å². The minimum absolute atomic E-state index is 0.00189. The molecule has 0 atom stereocenters. The summed E-state index contributed by atoms with van der Waals surface area (Å²) in [4.78, 5) is 11.0. The Morgan fingerprint density at radius 2 is 2.05 bits per heavy atom. The van der Waals surface area contributed by atoms with Gasteiger partial charge in [0.1, 0.15) is 0 Å². The molecule has 0 saturated carbocycles. The van der Waals surface area contributed by atoms with Crippen LogP contribution in [0.15, 0.2) is 12.1 Å². The highest BCUT2D eigenvalue weighted by atomic mass is 32.2. The van der Waals surface area contributed by atoms with Crippen molar-refractivity contribution in [2.45, 2.75) is 13.8 Å². The van der Waals surface area contributed by atoms with Crippen LogP contribution in [0.2, 0.25) is 0 Å². The van der Waals surface area contributed by atoms with Crippen LogP contribution >= 0.6 is 0 Å². The van der Waals surface area contributed by atoms with E-state index in [2.05, 4.69) is 10.0 Å². The van der Waals surface area contributed by atoms with Crippen LogP contribution in [0.3, 0.4) is 0 Å². The molecule has 0 aromatic heterocycles. The lowest BCUT2D eigenvalue weighted by Crippen LogP contribution is -2.29. The van der Waals surface area contributed by atoms with Crippen molar-refractivity contribution in [2.75, 3.05) is 29.9 Å². The molecule has 0 aliphatic carbocycles. The van der Waals surface area contributed by atoms with Crippen molar-refractivity contribution in [3.8, 4) is 0 Å². The molecule has 0 heterocycles. The molecular weight excluding hydrogens is 282 g/mol. The van der Waals surface area contributed by atoms with E-state index in [1.807, 2.05) is 0 Å². The van der Waals surface area contributed by atoms with Gasteiger partial charge in [0, 0.05) is 24.5 Å². The molecule has 5 N–H and O–H groups in total. The number of hydrogen-bond acceptors (Lipinski definition) is 5. The molecule has 0 fully saturated rings. The van der Waals surface area contributed by atoms with Gasteiger partial charge in [-0.3, -0.25) is 0 Å². The van der Waals surface area contributed by atoms with Gasteiger partial charge in [-0.25, -0.2) is 17.9 Å². The molecule has 20 heavy (non-hydrogen) atoms. The molecule has 0 unspecified atom stereocenters. The summed E-state index contributed by atoms with van der Waals surface area (Å²) in [6, 6.07) is 3.08.